The van der Waals surface area contributed by atoms with Crippen molar-refractivity contribution in [2.24, 2.45) is 0 Å². The van der Waals surface area contributed by atoms with Gasteiger partial charge in [-0.3, -0.25) is 0 Å². The molecule has 0 aliphatic carbocycles. The van der Waals surface area contributed by atoms with E-state index in [1.807, 2.05) is 48.7 Å². The Bertz CT molecular complexity index is 956. The number of benzene rings is 2. The summed E-state index contributed by atoms with van der Waals surface area (Å²) in [5, 5.41) is 3.85. The van der Waals surface area contributed by atoms with Crippen molar-refractivity contribution in [2.75, 3.05) is 5.32 Å². The van der Waals surface area contributed by atoms with Gasteiger partial charge in [0.25, 0.3) is 0 Å². The van der Waals surface area contributed by atoms with Gasteiger partial charge in [0.15, 0.2) is 0 Å². The van der Waals surface area contributed by atoms with E-state index < -0.39 is 0 Å². The van der Waals surface area contributed by atoms with Crippen LogP contribution in [-0.4, -0.2) is 33.8 Å². The molecule has 2 aromatic heterocycles. The second-order valence-electron chi connectivity index (χ2n) is 4.64. The SMILES string of the molecule is O=C(Nc1cccc2n[se]nc12)c1cccc2[nH]ccc12. The number of carbonyl (C=O) groups is 1. The van der Waals surface area contributed by atoms with Gasteiger partial charge >= 0.3 is 126 Å². The third kappa shape index (κ3) is 2.05. The van der Waals surface area contributed by atoms with Crippen molar-refractivity contribution in [3.63, 3.8) is 0 Å². The van der Waals surface area contributed by atoms with E-state index in [0.29, 0.717) is 11.3 Å². The molecule has 0 saturated carbocycles. The molecule has 0 saturated heterocycles. The van der Waals surface area contributed by atoms with E-state index in [4.69, 9.17) is 0 Å². The number of rotatable bonds is 2. The fourth-order valence-electron chi connectivity index (χ4n) is 2.38. The standard InChI is InChI=1S/C15H10N4OSe/c20-15(10-3-1-4-11-9(10)7-8-16-11)17-12-5-2-6-13-14(12)19-21-18-13/h1-8,16H,(H,17,20). The van der Waals surface area contributed by atoms with Crippen LogP contribution in [-0.2, 0) is 0 Å². The van der Waals surface area contributed by atoms with E-state index in [1.165, 1.54) is 0 Å². The normalized spacial score (nSPS) is 11.0. The average molecular weight is 341 g/mol. The molecule has 6 heteroatoms. The number of fused-ring (bicyclic) bond motifs is 2. The number of hydrogen-bond donors (Lipinski definition) is 2. The molecule has 4 rings (SSSR count). The number of H-pyrrole nitrogens is 1. The van der Waals surface area contributed by atoms with Crippen LogP contribution in [0.1, 0.15) is 10.4 Å². The first-order valence-electron chi connectivity index (χ1n) is 6.42. The predicted octanol–water partition coefficient (Wildman–Crippen LogP) is 2.42. The Morgan fingerprint density at radius 2 is 2.00 bits per heavy atom. The molecule has 0 fully saturated rings. The summed E-state index contributed by atoms with van der Waals surface area (Å²) in [6.45, 7) is 0. The van der Waals surface area contributed by atoms with Crippen LogP contribution in [0.5, 0.6) is 0 Å². The van der Waals surface area contributed by atoms with Crippen molar-refractivity contribution in [3.05, 3.63) is 54.2 Å². The van der Waals surface area contributed by atoms with Crippen LogP contribution in [0.25, 0.3) is 21.9 Å². The summed E-state index contributed by atoms with van der Waals surface area (Å²) in [6, 6.07) is 13.2. The van der Waals surface area contributed by atoms with Gasteiger partial charge in [-0.25, -0.2) is 0 Å². The van der Waals surface area contributed by atoms with Gasteiger partial charge in [-0.15, -0.1) is 0 Å². The fourth-order valence-corrected chi connectivity index (χ4v) is 3.53. The van der Waals surface area contributed by atoms with Gasteiger partial charge in [-0.05, 0) is 0 Å². The van der Waals surface area contributed by atoms with Gasteiger partial charge < -0.3 is 0 Å². The summed E-state index contributed by atoms with van der Waals surface area (Å²) in [5.74, 6) is -0.136. The van der Waals surface area contributed by atoms with Gasteiger partial charge in [0, 0.05) is 0 Å². The molecule has 0 bridgehead atoms. The molecule has 0 unspecified atom stereocenters. The summed E-state index contributed by atoms with van der Waals surface area (Å²) in [6.07, 6.45) is 1.83. The molecule has 5 nitrogen and oxygen atoms in total. The molecule has 0 atom stereocenters. The number of amides is 1. The Hall–Kier alpha value is -2.43. The van der Waals surface area contributed by atoms with E-state index in [0.717, 1.165) is 21.9 Å². The summed E-state index contributed by atoms with van der Waals surface area (Å²) in [5.41, 5.74) is 3.95. The van der Waals surface area contributed by atoms with Crippen LogP contribution in [0, 0.1) is 0 Å². The predicted molar refractivity (Wildman–Crippen MR) is 82.7 cm³/mol. The van der Waals surface area contributed by atoms with Gasteiger partial charge in [0.05, 0.1) is 0 Å². The number of hydrogen-bond acceptors (Lipinski definition) is 3. The van der Waals surface area contributed by atoms with E-state index in [2.05, 4.69) is 18.3 Å². The number of carbonyl (C=O) groups excluding carboxylic acids is 1. The molecule has 2 aromatic carbocycles. The zero-order chi connectivity index (χ0) is 14.2. The zero-order valence-corrected chi connectivity index (χ0v) is 12.5. The minimum absolute atomic E-state index is 0.107. The van der Waals surface area contributed by atoms with Crippen molar-refractivity contribution >= 4 is 48.5 Å². The zero-order valence-electron chi connectivity index (χ0n) is 10.8. The van der Waals surface area contributed by atoms with Gasteiger partial charge in [0.2, 0.25) is 0 Å². The first kappa shape index (κ1) is 12.3. The number of nitrogens with zero attached hydrogens (tertiary/aromatic N) is 2. The third-order valence-electron chi connectivity index (χ3n) is 3.37. The van der Waals surface area contributed by atoms with Crippen molar-refractivity contribution in [2.45, 2.75) is 0 Å². The number of nitrogens with one attached hydrogen (secondary N) is 2. The Balaban J connectivity index is 1.76. The summed E-state index contributed by atoms with van der Waals surface area (Å²) in [7, 11) is 0. The Kier molecular flexibility index (Phi) is 2.84. The van der Waals surface area contributed by atoms with Gasteiger partial charge in [-0.2, -0.15) is 0 Å². The molecule has 0 aliphatic rings. The van der Waals surface area contributed by atoms with Crippen LogP contribution in [0.3, 0.4) is 0 Å². The molecular weight excluding hydrogens is 331 g/mol. The van der Waals surface area contributed by atoms with Crippen LogP contribution in [0.2, 0.25) is 0 Å². The topological polar surface area (TPSA) is 70.7 Å². The van der Waals surface area contributed by atoms with Crippen molar-refractivity contribution in [1.82, 2.24) is 12.9 Å². The molecule has 0 radical (unpaired) electrons. The fraction of sp³-hybridized carbons (Fsp3) is 0. The number of aromatic nitrogens is 3. The maximum atomic E-state index is 12.5. The van der Waals surface area contributed by atoms with E-state index in [1.54, 1.807) is 0 Å². The second kappa shape index (κ2) is 4.84. The maximum absolute atomic E-state index is 12.5. The van der Waals surface area contributed by atoms with Crippen molar-refractivity contribution in [3.8, 4) is 0 Å². The Morgan fingerprint density at radius 1 is 1.10 bits per heavy atom. The third-order valence-corrected chi connectivity index (χ3v) is 4.51. The summed E-state index contributed by atoms with van der Waals surface area (Å²) in [4.78, 5) is 15.6. The first-order valence-corrected chi connectivity index (χ1v) is 7.95. The minimum atomic E-state index is -0.136. The van der Waals surface area contributed by atoms with Gasteiger partial charge in [0.1, 0.15) is 0 Å². The van der Waals surface area contributed by atoms with Crippen molar-refractivity contribution < 1.29 is 4.79 Å². The Labute approximate surface area is 126 Å². The molecule has 0 spiro atoms. The van der Waals surface area contributed by atoms with E-state index >= 15 is 0 Å². The molecule has 21 heavy (non-hydrogen) atoms. The molecule has 2 N–H and O–H groups in total. The second-order valence-corrected chi connectivity index (χ2v) is 5.74. The van der Waals surface area contributed by atoms with E-state index in [-0.39, 0.29) is 20.9 Å². The summed E-state index contributed by atoms with van der Waals surface area (Å²) >= 11 is -0.107. The molecule has 1 amide bonds. The quantitative estimate of drug-likeness (QED) is 0.550. The van der Waals surface area contributed by atoms with Crippen LogP contribution >= 0.6 is 0 Å². The number of anilines is 1. The van der Waals surface area contributed by atoms with Crippen LogP contribution < -0.4 is 5.32 Å². The molecule has 2 heterocycles. The number of aromatic amines is 1. The van der Waals surface area contributed by atoms with E-state index in [9.17, 15) is 4.79 Å². The molecular formula is C15H10N4OSe. The molecule has 102 valence electrons. The van der Waals surface area contributed by atoms with Gasteiger partial charge in [-0.1, -0.05) is 0 Å². The average Bonchev–Trinajstić information content (AvgIpc) is 3.15. The first-order chi connectivity index (χ1) is 10.3. The summed E-state index contributed by atoms with van der Waals surface area (Å²) < 4.78 is 8.69. The molecule has 4 aromatic rings. The Morgan fingerprint density at radius 3 is 2.95 bits per heavy atom. The molecule has 0 aliphatic heterocycles. The van der Waals surface area contributed by atoms with Crippen LogP contribution in [0.15, 0.2) is 48.7 Å². The monoisotopic (exact) mass is 342 g/mol. The van der Waals surface area contributed by atoms with Crippen LogP contribution in [0.4, 0.5) is 5.69 Å². The van der Waals surface area contributed by atoms with Crippen molar-refractivity contribution in [1.29, 1.82) is 0 Å².